The number of para-hydroxylation sites is 1. The Morgan fingerprint density at radius 3 is 2.70 bits per heavy atom. The SMILES string of the molecule is O=C(CCn1c(=O)[nH]c(=O)c2ccccc21)NC1CCCCC1. The molecule has 23 heavy (non-hydrogen) atoms. The van der Waals surface area contributed by atoms with Crippen LogP contribution in [0.4, 0.5) is 0 Å². The fourth-order valence-electron chi connectivity index (χ4n) is 3.22. The molecule has 3 rings (SSSR count). The Bertz CT molecular complexity index is 816. The van der Waals surface area contributed by atoms with Gasteiger partial charge in [0.25, 0.3) is 5.56 Å². The molecule has 1 heterocycles. The van der Waals surface area contributed by atoms with Gasteiger partial charge in [-0.05, 0) is 25.0 Å². The summed E-state index contributed by atoms with van der Waals surface area (Å²) in [6, 6.07) is 7.19. The third-order valence-electron chi connectivity index (χ3n) is 4.44. The van der Waals surface area contributed by atoms with Gasteiger partial charge in [-0.25, -0.2) is 4.79 Å². The minimum Gasteiger partial charge on any atom is -0.353 e. The van der Waals surface area contributed by atoms with Gasteiger partial charge in [0.15, 0.2) is 0 Å². The standard InChI is InChI=1S/C17H21N3O3/c21-15(18-12-6-2-1-3-7-12)10-11-20-14-9-5-4-8-13(14)16(22)19-17(20)23/h4-5,8-9,12H,1-3,6-7,10-11H2,(H,18,21)(H,19,22,23). The van der Waals surface area contributed by atoms with E-state index in [4.69, 9.17) is 0 Å². The summed E-state index contributed by atoms with van der Waals surface area (Å²) in [7, 11) is 0. The number of amides is 1. The fourth-order valence-corrected chi connectivity index (χ4v) is 3.22. The van der Waals surface area contributed by atoms with Crippen molar-refractivity contribution in [2.75, 3.05) is 0 Å². The number of nitrogens with zero attached hydrogens (tertiary/aromatic N) is 1. The lowest BCUT2D eigenvalue weighted by molar-refractivity contribution is -0.122. The number of aromatic nitrogens is 2. The predicted molar refractivity (Wildman–Crippen MR) is 88.5 cm³/mol. The van der Waals surface area contributed by atoms with Crippen molar-refractivity contribution >= 4 is 16.8 Å². The van der Waals surface area contributed by atoms with Crippen molar-refractivity contribution in [2.45, 2.75) is 51.1 Å². The Morgan fingerprint density at radius 1 is 1.17 bits per heavy atom. The summed E-state index contributed by atoms with van der Waals surface area (Å²) in [6.45, 7) is 0.259. The molecule has 0 unspecified atom stereocenters. The smallest absolute Gasteiger partial charge is 0.328 e. The Kier molecular flexibility index (Phi) is 4.60. The minimum absolute atomic E-state index is 0.0425. The van der Waals surface area contributed by atoms with Crippen LogP contribution in [0.15, 0.2) is 33.9 Å². The predicted octanol–water partition coefficient (Wildman–Crippen LogP) is 1.53. The molecule has 1 amide bonds. The van der Waals surface area contributed by atoms with Crippen LogP contribution in [0.5, 0.6) is 0 Å². The number of benzene rings is 1. The summed E-state index contributed by atoms with van der Waals surface area (Å²) in [5, 5.41) is 3.50. The third-order valence-corrected chi connectivity index (χ3v) is 4.44. The van der Waals surface area contributed by atoms with E-state index >= 15 is 0 Å². The number of hydrogen-bond acceptors (Lipinski definition) is 3. The van der Waals surface area contributed by atoms with Crippen LogP contribution in [0, 0.1) is 0 Å². The molecule has 122 valence electrons. The zero-order chi connectivity index (χ0) is 16.2. The topological polar surface area (TPSA) is 84.0 Å². The van der Waals surface area contributed by atoms with Crippen LogP contribution in [0.25, 0.3) is 10.9 Å². The number of fused-ring (bicyclic) bond motifs is 1. The number of aromatic amines is 1. The molecule has 0 bridgehead atoms. The number of aryl methyl sites for hydroxylation is 1. The van der Waals surface area contributed by atoms with Crippen molar-refractivity contribution < 1.29 is 4.79 Å². The molecule has 0 atom stereocenters. The molecule has 0 radical (unpaired) electrons. The van der Waals surface area contributed by atoms with E-state index in [1.54, 1.807) is 24.3 Å². The number of H-pyrrole nitrogens is 1. The number of hydrogen-bond donors (Lipinski definition) is 2. The van der Waals surface area contributed by atoms with Gasteiger partial charge in [-0.3, -0.25) is 19.1 Å². The summed E-state index contributed by atoms with van der Waals surface area (Å²) >= 11 is 0. The number of nitrogens with one attached hydrogen (secondary N) is 2. The summed E-state index contributed by atoms with van der Waals surface area (Å²) in [5.41, 5.74) is -0.306. The van der Waals surface area contributed by atoms with E-state index in [1.165, 1.54) is 11.0 Å². The van der Waals surface area contributed by atoms with E-state index in [2.05, 4.69) is 10.3 Å². The molecule has 1 aliphatic rings. The summed E-state index contributed by atoms with van der Waals surface area (Å²) in [4.78, 5) is 38.2. The van der Waals surface area contributed by atoms with Crippen molar-refractivity contribution in [2.24, 2.45) is 0 Å². The van der Waals surface area contributed by atoms with Crippen molar-refractivity contribution in [1.82, 2.24) is 14.9 Å². The first-order valence-electron chi connectivity index (χ1n) is 8.16. The van der Waals surface area contributed by atoms with Gasteiger partial charge in [-0.1, -0.05) is 31.4 Å². The van der Waals surface area contributed by atoms with Crippen LogP contribution >= 0.6 is 0 Å². The van der Waals surface area contributed by atoms with Crippen molar-refractivity contribution in [3.8, 4) is 0 Å². The number of rotatable bonds is 4. The van der Waals surface area contributed by atoms with Gasteiger partial charge in [-0.15, -0.1) is 0 Å². The van der Waals surface area contributed by atoms with E-state index < -0.39 is 11.2 Å². The first kappa shape index (κ1) is 15.5. The van der Waals surface area contributed by atoms with E-state index in [9.17, 15) is 14.4 Å². The number of carbonyl (C=O) groups excluding carboxylic acids is 1. The second-order valence-corrected chi connectivity index (χ2v) is 6.08. The molecule has 2 N–H and O–H groups in total. The lowest BCUT2D eigenvalue weighted by Gasteiger charge is -2.22. The van der Waals surface area contributed by atoms with Crippen LogP contribution in [0.1, 0.15) is 38.5 Å². The monoisotopic (exact) mass is 315 g/mol. The van der Waals surface area contributed by atoms with Crippen LogP contribution in [-0.4, -0.2) is 21.5 Å². The highest BCUT2D eigenvalue weighted by molar-refractivity contribution is 5.79. The Morgan fingerprint density at radius 2 is 1.91 bits per heavy atom. The quantitative estimate of drug-likeness (QED) is 0.897. The van der Waals surface area contributed by atoms with Gasteiger partial charge in [0.05, 0.1) is 10.9 Å². The van der Waals surface area contributed by atoms with E-state index in [-0.39, 0.29) is 24.9 Å². The fraction of sp³-hybridized carbons (Fsp3) is 0.471. The van der Waals surface area contributed by atoms with Gasteiger partial charge in [-0.2, -0.15) is 0 Å². The minimum atomic E-state index is -0.473. The van der Waals surface area contributed by atoms with Crippen molar-refractivity contribution in [1.29, 1.82) is 0 Å². The normalized spacial score (nSPS) is 15.7. The van der Waals surface area contributed by atoms with Gasteiger partial charge in [0.1, 0.15) is 0 Å². The molecule has 1 saturated carbocycles. The Balaban J connectivity index is 1.73. The molecule has 1 aromatic heterocycles. The average molecular weight is 315 g/mol. The van der Waals surface area contributed by atoms with E-state index in [0.717, 1.165) is 25.7 Å². The molecule has 6 nitrogen and oxygen atoms in total. The van der Waals surface area contributed by atoms with Crippen LogP contribution in [0.3, 0.4) is 0 Å². The van der Waals surface area contributed by atoms with Crippen molar-refractivity contribution in [3.63, 3.8) is 0 Å². The van der Waals surface area contributed by atoms with Crippen LogP contribution < -0.4 is 16.6 Å². The maximum atomic E-state index is 12.1. The maximum absolute atomic E-state index is 12.1. The van der Waals surface area contributed by atoms with Gasteiger partial charge in [0.2, 0.25) is 5.91 Å². The lowest BCUT2D eigenvalue weighted by Crippen LogP contribution is -2.37. The lowest BCUT2D eigenvalue weighted by atomic mass is 9.95. The first-order valence-corrected chi connectivity index (χ1v) is 8.16. The molecule has 0 aliphatic heterocycles. The Hall–Kier alpha value is -2.37. The van der Waals surface area contributed by atoms with Crippen LogP contribution in [0.2, 0.25) is 0 Å². The molecule has 1 fully saturated rings. The summed E-state index contributed by atoms with van der Waals surface area (Å²) in [6.07, 6.45) is 5.86. The first-order chi connectivity index (χ1) is 11.1. The number of carbonyl (C=O) groups is 1. The molecule has 1 aromatic carbocycles. The summed E-state index contributed by atoms with van der Waals surface area (Å²) in [5.74, 6) is -0.0425. The molecule has 0 saturated heterocycles. The molecule has 0 spiro atoms. The zero-order valence-corrected chi connectivity index (χ0v) is 13.0. The van der Waals surface area contributed by atoms with Crippen molar-refractivity contribution in [3.05, 3.63) is 45.1 Å². The maximum Gasteiger partial charge on any atom is 0.328 e. The largest absolute Gasteiger partial charge is 0.353 e. The molecular formula is C17H21N3O3. The third kappa shape index (κ3) is 3.52. The highest BCUT2D eigenvalue weighted by Gasteiger charge is 2.16. The van der Waals surface area contributed by atoms with Gasteiger partial charge < -0.3 is 5.32 Å². The molecule has 1 aliphatic carbocycles. The van der Waals surface area contributed by atoms with Gasteiger partial charge >= 0.3 is 5.69 Å². The van der Waals surface area contributed by atoms with E-state index in [1.807, 2.05) is 0 Å². The molecule has 2 aromatic rings. The highest BCUT2D eigenvalue weighted by atomic mass is 16.2. The highest BCUT2D eigenvalue weighted by Crippen LogP contribution is 2.17. The average Bonchev–Trinajstić information content (AvgIpc) is 2.55. The van der Waals surface area contributed by atoms with Gasteiger partial charge in [0, 0.05) is 19.0 Å². The summed E-state index contributed by atoms with van der Waals surface area (Å²) < 4.78 is 1.46. The Labute approximate surface area is 133 Å². The van der Waals surface area contributed by atoms with Crippen LogP contribution in [-0.2, 0) is 11.3 Å². The second-order valence-electron chi connectivity index (χ2n) is 6.08. The zero-order valence-electron chi connectivity index (χ0n) is 13.0. The second kappa shape index (κ2) is 6.81. The van der Waals surface area contributed by atoms with E-state index in [0.29, 0.717) is 10.9 Å². The molecular weight excluding hydrogens is 294 g/mol. The molecule has 6 heteroatoms.